The molecule has 8 nitrogen and oxygen atoms in total. The van der Waals surface area contributed by atoms with Gasteiger partial charge in [-0.15, -0.1) is 21.5 Å². The molecule has 1 aromatic carbocycles. The van der Waals surface area contributed by atoms with E-state index in [-0.39, 0.29) is 0 Å². The molecule has 12 heteroatoms. The minimum absolute atomic E-state index is 0.336. The van der Waals surface area contributed by atoms with E-state index in [0.29, 0.717) is 11.9 Å². The maximum absolute atomic E-state index is 13.6. The third kappa shape index (κ3) is 4.34. The second-order valence-corrected chi connectivity index (χ2v) is 6.41. The van der Waals surface area contributed by atoms with Gasteiger partial charge in [-0.05, 0) is 35.7 Å². The van der Waals surface area contributed by atoms with Crippen LogP contribution in [0.1, 0.15) is 6.92 Å². The fourth-order valence-corrected chi connectivity index (χ4v) is 2.72. The number of ether oxygens (including phenoxy) is 1. The summed E-state index contributed by atoms with van der Waals surface area (Å²) in [4.78, 5) is 25.7. The van der Waals surface area contributed by atoms with Gasteiger partial charge < -0.3 is 10.1 Å². The van der Waals surface area contributed by atoms with Crippen molar-refractivity contribution in [3.63, 3.8) is 0 Å². The molecule has 1 amide bonds. The minimum Gasteiger partial charge on any atom is -0.451 e. The van der Waals surface area contributed by atoms with Gasteiger partial charge in [-0.2, -0.15) is 4.80 Å². The lowest BCUT2D eigenvalue weighted by Gasteiger charge is -2.13. The molecule has 0 spiro atoms. The normalized spacial score (nSPS) is 11.9. The van der Waals surface area contributed by atoms with Gasteiger partial charge in [0.15, 0.2) is 30.1 Å². The number of thiophene rings is 1. The zero-order valence-corrected chi connectivity index (χ0v) is 15.0. The summed E-state index contributed by atoms with van der Waals surface area (Å²) in [6.07, 6.45) is -1.33. The molecule has 0 aliphatic heterocycles. The first kappa shape index (κ1) is 19.5. The summed E-state index contributed by atoms with van der Waals surface area (Å²) in [5, 5.41) is 15.4. The van der Waals surface area contributed by atoms with Gasteiger partial charge in [-0.1, -0.05) is 6.07 Å². The number of anilines is 1. The van der Waals surface area contributed by atoms with Crippen molar-refractivity contribution >= 4 is 28.9 Å². The Morgan fingerprint density at radius 1 is 1.25 bits per heavy atom. The molecule has 3 rings (SSSR count). The Bertz CT molecular complexity index is 1010. The Morgan fingerprint density at radius 2 is 2.04 bits per heavy atom. The Labute approximate surface area is 159 Å². The molecule has 0 unspecified atom stereocenters. The van der Waals surface area contributed by atoms with Crippen molar-refractivity contribution in [2.45, 2.75) is 19.6 Å². The molecule has 0 saturated carbocycles. The third-order valence-corrected chi connectivity index (χ3v) is 4.30. The molecule has 2 heterocycles. The highest BCUT2D eigenvalue weighted by Crippen LogP contribution is 2.20. The highest BCUT2D eigenvalue weighted by atomic mass is 32.1. The summed E-state index contributed by atoms with van der Waals surface area (Å²) < 4.78 is 44.6. The number of carbonyl (C=O) groups excluding carboxylic acids is 2. The highest BCUT2D eigenvalue weighted by Gasteiger charge is 2.22. The van der Waals surface area contributed by atoms with Gasteiger partial charge in [-0.3, -0.25) is 4.79 Å². The van der Waals surface area contributed by atoms with Crippen LogP contribution in [0.3, 0.4) is 0 Å². The smallest absolute Gasteiger partial charge is 0.330 e. The summed E-state index contributed by atoms with van der Waals surface area (Å²) in [6.45, 7) is 0.826. The average molecular weight is 411 g/mol. The molecule has 0 aliphatic rings. The van der Waals surface area contributed by atoms with Gasteiger partial charge in [-0.25, -0.2) is 18.0 Å². The number of nitrogens with one attached hydrogen (secondary N) is 1. The highest BCUT2D eigenvalue weighted by molar-refractivity contribution is 7.13. The van der Waals surface area contributed by atoms with E-state index in [1.807, 2.05) is 16.8 Å². The zero-order valence-electron chi connectivity index (χ0n) is 14.2. The number of halogens is 3. The maximum Gasteiger partial charge on any atom is 0.330 e. The second-order valence-electron chi connectivity index (χ2n) is 5.46. The number of benzene rings is 1. The number of amides is 1. The van der Waals surface area contributed by atoms with Crippen molar-refractivity contribution in [3.8, 4) is 10.7 Å². The van der Waals surface area contributed by atoms with E-state index in [0.717, 1.165) is 15.7 Å². The molecule has 3 aromatic rings. The predicted molar refractivity (Wildman–Crippen MR) is 91.6 cm³/mol. The Hall–Kier alpha value is -3.28. The van der Waals surface area contributed by atoms with E-state index in [9.17, 15) is 22.8 Å². The number of aromatic nitrogens is 4. The molecule has 0 fully saturated rings. The predicted octanol–water partition coefficient (Wildman–Crippen LogP) is 2.39. The number of esters is 1. The van der Waals surface area contributed by atoms with Gasteiger partial charge in [0.25, 0.3) is 5.91 Å². The Balaban J connectivity index is 1.56. The van der Waals surface area contributed by atoms with Crippen molar-refractivity contribution < 1.29 is 27.5 Å². The van der Waals surface area contributed by atoms with Gasteiger partial charge >= 0.3 is 5.97 Å². The van der Waals surface area contributed by atoms with Crippen molar-refractivity contribution in [2.75, 3.05) is 5.32 Å². The van der Waals surface area contributed by atoms with Gasteiger partial charge in [0.05, 0.1) is 10.6 Å². The number of hydrogen-bond donors (Lipinski definition) is 1. The maximum atomic E-state index is 13.6. The lowest BCUT2D eigenvalue weighted by atomic mass is 10.2. The van der Waals surface area contributed by atoms with Crippen molar-refractivity contribution in [1.29, 1.82) is 0 Å². The van der Waals surface area contributed by atoms with Gasteiger partial charge in [0, 0.05) is 0 Å². The van der Waals surface area contributed by atoms with E-state index in [4.69, 9.17) is 4.74 Å². The van der Waals surface area contributed by atoms with Crippen molar-refractivity contribution in [1.82, 2.24) is 20.2 Å². The number of rotatable bonds is 6. The first-order chi connectivity index (χ1) is 13.3. The van der Waals surface area contributed by atoms with Crippen LogP contribution < -0.4 is 5.32 Å². The molecule has 0 bridgehead atoms. The van der Waals surface area contributed by atoms with Crippen LogP contribution in [0.4, 0.5) is 18.9 Å². The van der Waals surface area contributed by atoms with E-state index >= 15 is 0 Å². The van der Waals surface area contributed by atoms with Crippen molar-refractivity contribution in [2.24, 2.45) is 0 Å². The van der Waals surface area contributed by atoms with E-state index in [1.165, 1.54) is 18.3 Å². The molecule has 0 radical (unpaired) electrons. The van der Waals surface area contributed by atoms with E-state index < -0.39 is 47.7 Å². The number of carbonyl (C=O) groups is 2. The minimum atomic E-state index is -1.72. The molecule has 28 heavy (non-hydrogen) atoms. The second kappa shape index (κ2) is 8.17. The fourth-order valence-electron chi connectivity index (χ4n) is 2.07. The largest absolute Gasteiger partial charge is 0.451 e. The summed E-state index contributed by atoms with van der Waals surface area (Å²) >= 11 is 1.40. The zero-order chi connectivity index (χ0) is 20.3. The SMILES string of the molecule is C[C@@H](OC(=O)Cn1nnc(-c2cccs2)n1)C(=O)Nc1ccc(F)c(F)c1F. The van der Waals surface area contributed by atoms with Crippen LogP contribution in [0.2, 0.25) is 0 Å². The average Bonchev–Trinajstić information content (AvgIpc) is 3.33. The van der Waals surface area contributed by atoms with Gasteiger partial charge in [0.2, 0.25) is 5.82 Å². The molecular formula is C16H12F3N5O3S. The molecule has 1 N–H and O–H groups in total. The fraction of sp³-hybridized carbons (Fsp3) is 0.188. The standard InChI is InChI=1S/C16H12F3N5O3S/c1-8(16(26)20-10-5-4-9(17)13(18)14(10)19)27-12(25)7-24-22-15(21-23-24)11-3-2-6-28-11/h2-6,8H,7H2,1H3,(H,20,26)/t8-/m1/s1. The lowest BCUT2D eigenvalue weighted by Crippen LogP contribution is -2.31. The van der Waals surface area contributed by atoms with Crippen LogP contribution in [-0.2, 0) is 20.9 Å². The number of hydrogen-bond acceptors (Lipinski definition) is 7. The van der Waals surface area contributed by atoms with E-state index in [2.05, 4.69) is 15.4 Å². The number of nitrogens with zero attached hydrogens (tertiary/aromatic N) is 4. The van der Waals surface area contributed by atoms with Crippen LogP contribution in [0, 0.1) is 17.5 Å². The molecule has 0 saturated heterocycles. The van der Waals surface area contributed by atoms with Crippen LogP contribution in [0.5, 0.6) is 0 Å². The van der Waals surface area contributed by atoms with Crippen molar-refractivity contribution in [3.05, 3.63) is 47.1 Å². The summed E-state index contributed by atoms with van der Waals surface area (Å²) in [7, 11) is 0. The molecule has 0 aliphatic carbocycles. The first-order valence-corrected chi connectivity index (χ1v) is 8.68. The Kier molecular flexibility index (Phi) is 5.68. The quantitative estimate of drug-likeness (QED) is 0.494. The number of tetrazole rings is 1. The summed E-state index contributed by atoms with van der Waals surface area (Å²) in [5.41, 5.74) is -0.578. The molecular weight excluding hydrogens is 399 g/mol. The topological polar surface area (TPSA) is 99.0 Å². The van der Waals surface area contributed by atoms with E-state index in [1.54, 1.807) is 6.07 Å². The van der Waals surface area contributed by atoms with Crippen LogP contribution in [0.25, 0.3) is 10.7 Å². The van der Waals surface area contributed by atoms with Crippen LogP contribution >= 0.6 is 11.3 Å². The first-order valence-electron chi connectivity index (χ1n) is 7.80. The van der Waals surface area contributed by atoms with Gasteiger partial charge in [0.1, 0.15) is 0 Å². The molecule has 2 aromatic heterocycles. The summed E-state index contributed by atoms with van der Waals surface area (Å²) in [6, 6.07) is 5.11. The molecule has 1 atom stereocenters. The third-order valence-electron chi connectivity index (χ3n) is 3.44. The monoisotopic (exact) mass is 411 g/mol. The van der Waals surface area contributed by atoms with Crippen LogP contribution in [-0.4, -0.2) is 38.2 Å². The summed E-state index contributed by atoms with van der Waals surface area (Å²) in [5.74, 6) is -6.10. The molecule has 146 valence electrons. The van der Waals surface area contributed by atoms with Crippen LogP contribution in [0.15, 0.2) is 29.6 Å². The Morgan fingerprint density at radius 3 is 2.75 bits per heavy atom. The lowest BCUT2D eigenvalue weighted by molar-refractivity contribution is -0.154.